The van der Waals surface area contributed by atoms with Crippen LogP contribution >= 0.6 is 11.6 Å². The molecular formula is C10H14ClN3O. The molecule has 2 heterocycles. The number of aliphatic hydroxyl groups excluding tert-OH is 1. The molecule has 0 aliphatic carbocycles. The van der Waals surface area contributed by atoms with Gasteiger partial charge in [0.1, 0.15) is 5.15 Å². The largest absolute Gasteiger partial charge is 0.394 e. The molecule has 1 aromatic rings. The van der Waals surface area contributed by atoms with Crippen LogP contribution in [0, 0.1) is 0 Å². The molecule has 0 saturated carbocycles. The van der Waals surface area contributed by atoms with Crippen LogP contribution in [0.25, 0.3) is 0 Å². The summed E-state index contributed by atoms with van der Waals surface area (Å²) in [6.07, 6.45) is 4.91. The Morgan fingerprint density at radius 3 is 3.13 bits per heavy atom. The maximum atomic E-state index is 9.26. The van der Waals surface area contributed by atoms with Gasteiger partial charge in [0, 0.05) is 12.7 Å². The Morgan fingerprint density at radius 2 is 2.40 bits per heavy atom. The lowest BCUT2D eigenvalue weighted by Gasteiger charge is -2.34. The molecule has 1 aromatic heterocycles. The van der Waals surface area contributed by atoms with Crippen LogP contribution in [0.4, 0.5) is 5.95 Å². The minimum Gasteiger partial charge on any atom is -0.394 e. The fourth-order valence-corrected chi connectivity index (χ4v) is 2.05. The normalized spacial score (nSPS) is 21.7. The quantitative estimate of drug-likeness (QED) is 0.778. The minimum absolute atomic E-state index is 0.136. The second-order valence-corrected chi connectivity index (χ2v) is 4.09. The lowest BCUT2D eigenvalue weighted by atomic mass is 10.0. The molecule has 2 rings (SSSR count). The molecule has 5 heteroatoms. The van der Waals surface area contributed by atoms with Gasteiger partial charge in [-0.1, -0.05) is 11.6 Å². The van der Waals surface area contributed by atoms with Crippen LogP contribution in [0.15, 0.2) is 12.3 Å². The smallest absolute Gasteiger partial charge is 0.227 e. The van der Waals surface area contributed by atoms with Crippen molar-refractivity contribution < 1.29 is 5.11 Å². The first-order chi connectivity index (χ1) is 7.31. The van der Waals surface area contributed by atoms with E-state index in [0.29, 0.717) is 11.1 Å². The maximum Gasteiger partial charge on any atom is 0.227 e. The van der Waals surface area contributed by atoms with Crippen LogP contribution < -0.4 is 4.90 Å². The van der Waals surface area contributed by atoms with Crippen LogP contribution in [-0.2, 0) is 0 Å². The first-order valence-corrected chi connectivity index (χ1v) is 5.55. The third kappa shape index (κ3) is 2.38. The highest BCUT2D eigenvalue weighted by molar-refractivity contribution is 6.29. The summed E-state index contributed by atoms with van der Waals surface area (Å²) in [6.45, 7) is 1.04. The summed E-state index contributed by atoms with van der Waals surface area (Å²) in [5.74, 6) is 0.626. The van der Waals surface area contributed by atoms with Gasteiger partial charge in [0.05, 0.1) is 12.6 Å². The molecule has 1 N–H and O–H groups in total. The second-order valence-electron chi connectivity index (χ2n) is 3.70. The van der Waals surface area contributed by atoms with Crippen molar-refractivity contribution in [1.29, 1.82) is 0 Å². The van der Waals surface area contributed by atoms with Gasteiger partial charge in [0.15, 0.2) is 0 Å². The van der Waals surface area contributed by atoms with Crippen LogP contribution in [0.2, 0.25) is 5.15 Å². The molecule has 0 aromatic carbocycles. The Balaban J connectivity index is 2.20. The average molecular weight is 228 g/mol. The van der Waals surface area contributed by atoms with Crippen molar-refractivity contribution in [3.8, 4) is 0 Å². The Bertz CT molecular complexity index is 334. The third-order valence-electron chi connectivity index (χ3n) is 2.70. The van der Waals surface area contributed by atoms with Gasteiger partial charge in [-0.05, 0) is 25.3 Å². The van der Waals surface area contributed by atoms with Crippen LogP contribution in [0.1, 0.15) is 19.3 Å². The number of piperidine rings is 1. The van der Waals surface area contributed by atoms with Gasteiger partial charge in [-0.3, -0.25) is 0 Å². The first kappa shape index (κ1) is 10.6. The zero-order valence-electron chi connectivity index (χ0n) is 8.43. The molecule has 1 aliphatic heterocycles. The van der Waals surface area contributed by atoms with Gasteiger partial charge >= 0.3 is 0 Å². The molecule has 82 valence electrons. The van der Waals surface area contributed by atoms with Crippen LogP contribution in [0.5, 0.6) is 0 Å². The summed E-state index contributed by atoms with van der Waals surface area (Å²) < 4.78 is 0. The van der Waals surface area contributed by atoms with Gasteiger partial charge in [0.2, 0.25) is 5.95 Å². The van der Waals surface area contributed by atoms with Crippen molar-refractivity contribution in [3.63, 3.8) is 0 Å². The predicted molar refractivity (Wildman–Crippen MR) is 59.1 cm³/mol. The summed E-state index contributed by atoms with van der Waals surface area (Å²) in [6, 6.07) is 1.79. The number of rotatable bonds is 2. The lowest BCUT2D eigenvalue weighted by Crippen LogP contribution is -2.42. The molecule has 1 aliphatic rings. The number of hydrogen-bond acceptors (Lipinski definition) is 4. The fourth-order valence-electron chi connectivity index (χ4n) is 1.92. The zero-order chi connectivity index (χ0) is 10.7. The van der Waals surface area contributed by atoms with Crippen molar-refractivity contribution in [3.05, 3.63) is 17.4 Å². The molecule has 4 nitrogen and oxygen atoms in total. The van der Waals surface area contributed by atoms with Crippen LogP contribution in [-0.4, -0.2) is 34.3 Å². The monoisotopic (exact) mass is 227 g/mol. The molecule has 0 unspecified atom stereocenters. The fraction of sp³-hybridized carbons (Fsp3) is 0.600. The number of hydrogen-bond donors (Lipinski definition) is 1. The predicted octanol–water partition coefficient (Wildman–Crippen LogP) is 1.48. The number of aromatic nitrogens is 2. The SMILES string of the molecule is OC[C@@H]1CCCCN1c1nccc(Cl)n1. The van der Waals surface area contributed by atoms with Crippen molar-refractivity contribution in [2.45, 2.75) is 25.3 Å². The molecule has 0 radical (unpaired) electrons. The topological polar surface area (TPSA) is 49.2 Å². The van der Waals surface area contributed by atoms with E-state index >= 15 is 0 Å². The summed E-state index contributed by atoms with van der Waals surface area (Å²) in [5, 5.41) is 9.71. The van der Waals surface area contributed by atoms with E-state index in [9.17, 15) is 5.11 Å². The minimum atomic E-state index is 0.136. The molecule has 0 bridgehead atoms. The van der Waals surface area contributed by atoms with E-state index in [-0.39, 0.29) is 12.6 Å². The second kappa shape index (κ2) is 4.77. The molecule has 1 atom stereocenters. The highest BCUT2D eigenvalue weighted by atomic mass is 35.5. The zero-order valence-corrected chi connectivity index (χ0v) is 9.19. The number of nitrogens with zero attached hydrogens (tertiary/aromatic N) is 3. The van der Waals surface area contributed by atoms with E-state index in [2.05, 4.69) is 9.97 Å². The number of anilines is 1. The van der Waals surface area contributed by atoms with Crippen molar-refractivity contribution in [1.82, 2.24) is 9.97 Å². The van der Waals surface area contributed by atoms with Gasteiger partial charge in [0.25, 0.3) is 0 Å². The Labute approximate surface area is 93.9 Å². The van der Waals surface area contributed by atoms with Crippen molar-refractivity contribution in [2.75, 3.05) is 18.1 Å². The number of aliphatic hydroxyl groups is 1. The van der Waals surface area contributed by atoms with Crippen LogP contribution in [0.3, 0.4) is 0 Å². The Kier molecular flexibility index (Phi) is 3.38. The highest BCUT2D eigenvalue weighted by Gasteiger charge is 2.23. The summed E-state index contributed by atoms with van der Waals surface area (Å²) in [5.41, 5.74) is 0. The van der Waals surface area contributed by atoms with E-state index in [1.807, 2.05) is 4.90 Å². The molecule has 15 heavy (non-hydrogen) atoms. The number of halogens is 1. The average Bonchev–Trinajstić information content (AvgIpc) is 2.29. The van der Waals surface area contributed by atoms with Gasteiger partial charge in [-0.25, -0.2) is 9.97 Å². The summed E-state index contributed by atoms with van der Waals surface area (Å²) in [4.78, 5) is 10.4. The van der Waals surface area contributed by atoms with Gasteiger partial charge < -0.3 is 10.0 Å². The molecule has 0 spiro atoms. The summed E-state index contributed by atoms with van der Waals surface area (Å²) in [7, 11) is 0. The lowest BCUT2D eigenvalue weighted by molar-refractivity contribution is 0.239. The van der Waals surface area contributed by atoms with E-state index in [1.54, 1.807) is 12.3 Å². The Morgan fingerprint density at radius 1 is 1.53 bits per heavy atom. The maximum absolute atomic E-state index is 9.26. The third-order valence-corrected chi connectivity index (χ3v) is 2.91. The van der Waals surface area contributed by atoms with Gasteiger partial charge in [-0.2, -0.15) is 0 Å². The molecule has 0 amide bonds. The summed E-state index contributed by atoms with van der Waals surface area (Å²) >= 11 is 5.81. The van der Waals surface area contributed by atoms with Gasteiger partial charge in [-0.15, -0.1) is 0 Å². The van der Waals surface area contributed by atoms with E-state index in [0.717, 1.165) is 25.8 Å². The first-order valence-electron chi connectivity index (χ1n) is 5.17. The van der Waals surface area contributed by atoms with Crippen molar-refractivity contribution in [2.24, 2.45) is 0 Å². The molecular weight excluding hydrogens is 214 g/mol. The molecule has 1 fully saturated rings. The van der Waals surface area contributed by atoms with Crippen molar-refractivity contribution >= 4 is 17.5 Å². The van der Waals surface area contributed by atoms with E-state index in [4.69, 9.17) is 11.6 Å². The van der Waals surface area contributed by atoms with E-state index < -0.39 is 0 Å². The Hall–Kier alpha value is -0.870. The standard InChI is InChI=1S/C10H14ClN3O/c11-9-4-5-12-10(13-9)14-6-2-1-3-8(14)7-15/h4-5,8,15H,1-3,6-7H2/t8-/m0/s1. The highest BCUT2D eigenvalue weighted by Crippen LogP contribution is 2.21. The van der Waals surface area contributed by atoms with E-state index in [1.165, 1.54) is 0 Å². The molecule has 1 saturated heterocycles.